The maximum Gasteiger partial charge on any atom is 0.329 e. The van der Waals surface area contributed by atoms with Crippen molar-refractivity contribution in [2.45, 2.75) is 27.7 Å². The first-order chi connectivity index (χ1) is 17.8. The van der Waals surface area contributed by atoms with Gasteiger partial charge < -0.3 is 20.1 Å². The Bertz CT molecular complexity index is 1320. The highest BCUT2D eigenvalue weighted by Crippen LogP contribution is 2.28. The van der Waals surface area contributed by atoms with E-state index >= 15 is 0 Å². The maximum absolute atomic E-state index is 12.4. The molecular weight excluding hydrogens is 472 g/mol. The summed E-state index contributed by atoms with van der Waals surface area (Å²) in [5.74, 6) is -1.24. The third kappa shape index (κ3) is 7.93. The number of ether oxygens (including phenoxy) is 2. The van der Waals surface area contributed by atoms with Crippen LogP contribution in [0.3, 0.4) is 0 Å². The summed E-state index contributed by atoms with van der Waals surface area (Å²) >= 11 is 0. The third-order valence-electron chi connectivity index (χ3n) is 5.37. The number of rotatable bonds is 9. The average molecular weight is 503 g/mol. The molecule has 3 amide bonds. The zero-order valence-electron chi connectivity index (χ0n) is 21.3. The Hall–Kier alpha value is -4.66. The second kappa shape index (κ2) is 12.9. The first kappa shape index (κ1) is 26.9. The predicted octanol–water partition coefficient (Wildman–Crippen LogP) is 4.12. The number of benzene rings is 3. The van der Waals surface area contributed by atoms with Crippen LogP contribution in [0.5, 0.6) is 11.5 Å². The van der Waals surface area contributed by atoms with Crippen LogP contribution < -0.4 is 25.5 Å². The van der Waals surface area contributed by atoms with E-state index < -0.39 is 11.8 Å². The molecule has 0 aliphatic heterocycles. The van der Waals surface area contributed by atoms with Crippen LogP contribution in [0.25, 0.3) is 0 Å². The largest absolute Gasteiger partial charge is 0.490 e. The number of hydrogen-bond acceptors (Lipinski definition) is 6. The third-order valence-corrected chi connectivity index (χ3v) is 5.37. The van der Waals surface area contributed by atoms with Gasteiger partial charge in [-0.05, 0) is 86.3 Å². The summed E-state index contributed by atoms with van der Waals surface area (Å²) in [5, 5.41) is 9.21. The van der Waals surface area contributed by atoms with Gasteiger partial charge in [0, 0.05) is 11.4 Å². The Balaban J connectivity index is 1.57. The van der Waals surface area contributed by atoms with Crippen LogP contribution >= 0.6 is 0 Å². The molecule has 192 valence electrons. The lowest BCUT2D eigenvalue weighted by Crippen LogP contribution is -2.32. The second-order valence-electron chi connectivity index (χ2n) is 8.25. The molecule has 0 aliphatic carbocycles. The van der Waals surface area contributed by atoms with Crippen LogP contribution in [0.1, 0.15) is 29.2 Å². The Kier molecular flexibility index (Phi) is 9.37. The van der Waals surface area contributed by atoms with Crippen molar-refractivity contribution in [3.8, 4) is 11.5 Å². The van der Waals surface area contributed by atoms with Crippen LogP contribution in [-0.2, 0) is 14.4 Å². The number of anilines is 2. The normalized spacial score (nSPS) is 10.6. The molecule has 9 nitrogen and oxygen atoms in total. The molecule has 9 heteroatoms. The molecule has 0 saturated carbocycles. The van der Waals surface area contributed by atoms with Crippen molar-refractivity contribution < 1.29 is 23.9 Å². The number of carbonyl (C=O) groups is 3. The second-order valence-corrected chi connectivity index (χ2v) is 8.25. The van der Waals surface area contributed by atoms with E-state index in [0.717, 1.165) is 22.4 Å². The van der Waals surface area contributed by atoms with Gasteiger partial charge in [0.2, 0.25) is 0 Å². The highest BCUT2D eigenvalue weighted by atomic mass is 16.5. The van der Waals surface area contributed by atoms with E-state index in [1.54, 1.807) is 36.4 Å². The lowest BCUT2D eigenvalue weighted by atomic mass is 10.1. The van der Waals surface area contributed by atoms with Gasteiger partial charge in [-0.1, -0.05) is 24.3 Å². The van der Waals surface area contributed by atoms with Crippen molar-refractivity contribution in [1.29, 1.82) is 0 Å². The summed E-state index contributed by atoms with van der Waals surface area (Å²) < 4.78 is 11.3. The van der Waals surface area contributed by atoms with Crippen molar-refractivity contribution in [2.75, 3.05) is 23.8 Å². The minimum absolute atomic E-state index is 0.201. The summed E-state index contributed by atoms with van der Waals surface area (Å²) in [6, 6.07) is 17.8. The molecule has 0 fully saturated rings. The predicted molar refractivity (Wildman–Crippen MR) is 143 cm³/mol. The zero-order chi connectivity index (χ0) is 26.8. The van der Waals surface area contributed by atoms with Gasteiger partial charge in [-0.3, -0.25) is 14.4 Å². The summed E-state index contributed by atoms with van der Waals surface area (Å²) in [4.78, 5) is 36.5. The highest BCUT2D eigenvalue weighted by Gasteiger charge is 2.13. The first-order valence-corrected chi connectivity index (χ1v) is 11.7. The Labute approximate surface area is 215 Å². The minimum atomic E-state index is -0.905. The minimum Gasteiger partial charge on any atom is -0.490 e. The van der Waals surface area contributed by atoms with E-state index in [1.165, 1.54) is 6.21 Å². The van der Waals surface area contributed by atoms with E-state index in [4.69, 9.17) is 9.47 Å². The molecule has 0 bridgehead atoms. The van der Waals surface area contributed by atoms with E-state index in [1.807, 2.05) is 52.0 Å². The lowest BCUT2D eigenvalue weighted by molar-refractivity contribution is -0.136. The number of carbonyl (C=O) groups excluding carboxylic acids is 3. The van der Waals surface area contributed by atoms with Crippen LogP contribution in [-0.4, -0.2) is 37.1 Å². The molecular formula is C28H30N4O5. The van der Waals surface area contributed by atoms with E-state index in [-0.39, 0.29) is 12.5 Å². The molecule has 0 radical (unpaired) electrons. The quantitative estimate of drug-likeness (QED) is 0.231. The SMILES string of the molecule is CCOc1cc(/C=N\NC(=O)C(=O)Nc2cccc(C)c2)ccc1OCC(=O)Nc1cccc(C)c1C. The fraction of sp³-hybridized carbons (Fsp3) is 0.214. The first-order valence-electron chi connectivity index (χ1n) is 11.7. The molecule has 37 heavy (non-hydrogen) atoms. The van der Waals surface area contributed by atoms with Crippen molar-refractivity contribution in [3.63, 3.8) is 0 Å². The molecule has 0 atom stereocenters. The van der Waals surface area contributed by atoms with Gasteiger partial charge in [0.1, 0.15) is 0 Å². The number of hydrazone groups is 1. The van der Waals surface area contributed by atoms with Crippen molar-refractivity contribution in [3.05, 3.63) is 82.9 Å². The Morgan fingerprint density at radius 1 is 0.865 bits per heavy atom. The Morgan fingerprint density at radius 2 is 1.65 bits per heavy atom. The van der Waals surface area contributed by atoms with E-state index in [0.29, 0.717) is 29.4 Å². The molecule has 3 aromatic rings. The number of nitrogens with zero attached hydrogens (tertiary/aromatic N) is 1. The van der Waals surface area contributed by atoms with Gasteiger partial charge in [0.05, 0.1) is 12.8 Å². The van der Waals surface area contributed by atoms with E-state index in [2.05, 4.69) is 21.2 Å². The zero-order valence-corrected chi connectivity index (χ0v) is 21.3. The van der Waals surface area contributed by atoms with Crippen LogP contribution in [0, 0.1) is 20.8 Å². The average Bonchev–Trinajstić information content (AvgIpc) is 2.86. The molecule has 3 rings (SSSR count). The fourth-order valence-electron chi connectivity index (χ4n) is 3.34. The lowest BCUT2D eigenvalue weighted by Gasteiger charge is -2.14. The topological polar surface area (TPSA) is 118 Å². The van der Waals surface area contributed by atoms with Gasteiger partial charge in [-0.15, -0.1) is 0 Å². The molecule has 3 N–H and O–H groups in total. The summed E-state index contributed by atoms with van der Waals surface area (Å²) in [6.45, 7) is 7.80. The molecule has 0 heterocycles. The molecule has 0 unspecified atom stereocenters. The summed E-state index contributed by atoms with van der Waals surface area (Å²) in [6.07, 6.45) is 1.37. The molecule has 0 saturated heterocycles. The molecule has 0 aromatic heterocycles. The standard InChI is InChI=1S/C28H30N4O5/c1-5-36-25-15-21(16-29-32-28(35)27(34)30-22-10-6-8-18(2)14-22)12-13-24(25)37-17-26(33)31-23-11-7-9-19(3)20(23)4/h6-16H,5,17H2,1-4H3,(H,30,34)(H,31,33)(H,32,35)/b29-16-. The van der Waals surface area contributed by atoms with Gasteiger partial charge in [0.25, 0.3) is 5.91 Å². The monoisotopic (exact) mass is 502 g/mol. The number of amides is 3. The Morgan fingerprint density at radius 3 is 2.41 bits per heavy atom. The van der Waals surface area contributed by atoms with Crippen molar-refractivity contribution in [2.24, 2.45) is 5.10 Å². The van der Waals surface area contributed by atoms with Gasteiger partial charge >= 0.3 is 11.8 Å². The summed E-state index contributed by atoms with van der Waals surface area (Å²) in [7, 11) is 0. The van der Waals surface area contributed by atoms with Crippen molar-refractivity contribution >= 4 is 35.3 Å². The molecule has 0 spiro atoms. The fourth-order valence-corrected chi connectivity index (χ4v) is 3.34. The highest BCUT2D eigenvalue weighted by molar-refractivity contribution is 6.39. The van der Waals surface area contributed by atoms with Gasteiger partial charge in [-0.25, -0.2) is 5.43 Å². The number of nitrogens with one attached hydrogen (secondary N) is 3. The summed E-state index contributed by atoms with van der Waals surface area (Å²) in [5.41, 5.74) is 7.07. The number of aryl methyl sites for hydroxylation is 2. The van der Waals surface area contributed by atoms with Gasteiger partial charge in [-0.2, -0.15) is 5.10 Å². The maximum atomic E-state index is 12.4. The smallest absolute Gasteiger partial charge is 0.329 e. The molecule has 3 aromatic carbocycles. The van der Waals surface area contributed by atoms with Crippen LogP contribution in [0.4, 0.5) is 11.4 Å². The van der Waals surface area contributed by atoms with E-state index in [9.17, 15) is 14.4 Å². The van der Waals surface area contributed by atoms with Crippen LogP contribution in [0.15, 0.2) is 65.8 Å². The van der Waals surface area contributed by atoms with Crippen LogP contribution in [0.2, 0.25) is 0 Å². The van der Waals surface area contributed by atoms with Crippen molar-refractivity contribution in [1.82, 2.24) is 5.43 Å². The number of hydrogen-bond donors (Lipinski definition) is 3. The van der Waals surface area contributed by atoms with Gasteiger partial charge in [0.15, 0.2) is 18.1 Å². The molecule has 0 aliphatic rings.